The van der Waals surface area contributed by atoms with Crippen molar-refractivity contribution in [2.45, 2.75) is 0 Å². The molecule has 0 atom stereocenters. The normalized spacial score (nSPS) is 10.5. The van der Waals surface area contributed by atoms with E-state index in [1.807, 2.05) is 42.5 Å². The largest absolute Gasteiger partial charge is 0.497 e. The number of nitrogens with zero attached hydrogens (tertiary/aromatic N) is 1. The maximum atomic E-state index is 5.21. The number of hydrogen-bond acceptors (Lipinski definition) is 2. The minimum Gasteiger partial charge on any atom is -0.497 e. The second kappa shape index (κ2) is 4.49. The van der Waals surface area contributed by atoms with Crippen molar-refractivity contribution >= 4 is 10.9 Å². The first kappa shape index (κ1) is 10.8. The fourth-order valence-electron chi connectivity index (χ4n) is 2.00. The van der Waals surface area contributed by atoms with Crippen LogP contribution in [0, 0.1) is 0 Å². The number of aromatic nitrogens is 1. The molecule has 0 radical (unpaired) electrons. The Bertz CT molecular complexity index is 677. The van der Waals surface area contributed by atoms with Gasteiger partial charge < -0.3 is 4.74 Å². The predicted molar refractivity (Wildman–Crippen MR) is 73.7 cm³/mol. The van der Waals surface area contributed by atoms with Crippen LogP contribution in [0.2, 0.25) is 0 Å². The number of ether oxygens (including phenoxy) is 1. The molecule has 0 unspecified atom stereocenters. The lowest BCUT2D eigenvalue weighted by Crippen LogP contribution is -1.87. The molecule has 0 aliphatic heterocycles. The molecule has 0 bridgehead atoms. The van der Waals surface area contributed by atoms with Gasteiger partial charge in [0.15, 0.2) is 0 Å². The van der Waals surface area contributed by atoms with Crippen LogP contribution in [0.25, 0.3) is 22.2 Å². The molecule has 0 fully saturated rings. The summed E-state index contributed by atoms with van der Waals surface area (Å²) < 4.78 is 5.21. The van der Waals surface area contributed by atoms with Crippen LogP contribution in [-0.4, -0.2) is 12.1 Å². The Morgan fingerprint density at radius 2 is 1.72 bits per heavy atom. The van der Waals surface area contributed by atoms with Crippen LogP contribution in [-0.2, 0) is 0 Å². The number of pyridine rings is 1. The molecule has 0 spiro atoms. The Morgan fingerprint density at radius 1 is 0.889 bits per heavy atom. The Hall–Kier alpha value is -2.35. The van der Waals surface area contributed by atoms with Crippen molar-refractivity contribution in [3.63, 3.8) is 0 Å². The molecule has 2 nitrogen and oxygen atoms in total. The van der Waals surface area contributed by atoms with E-state index in [4.69, 9.17) is 4.74 Å². The fraction of sp³-hybridized carbons (Fsp3) is 0.0625. The van der Waals surface area contributed by atoms with Crippen LogP contribution < -0.4 is 4.74 Å². The highest BCUT2D eigenvalue weighted by Gasteiger charge is 2.01. The summed E-state index contributed by atoms with van der Waals surface area (Å²) in [6.45, 7) is 0. The van der Waals surface area contributed by atoms with Gasteiger partial charge in [-0.05, 0) is 24.3 Å². The van der Waals surface area contributed by atoms with Crippen molar-refractivity contribution in [1.82, 2.24) is 4.98 Å². The highest BCUT2D eigenvalue weighted by atomic mass is 16.5. The van der Waals surface area contributed by atoms with Crippen LogP contribution in [0.15, 0.2) is 60.7 Å². The number of benzene rings is 2. The molecule has 0 amide bonds. The molecular weight excluding hydrogens is 222 g/mol. The first-order valence-electron chi connectivity index (χ1n) is 5.87. The van der Waals surface area contributed by atoms with Crippen LogP contribution in [0.1, 0.15) is 0 Å². The maximum absolute atomic E-state index is 5.21. The summed E-state index contributed by atoms with van der Waals surface area (Å²) in [4.78, 5) is 4.67. The summed E-state index contributed by atoms with van der Waals surface area (Å²) in [7, 11) is 1.67. The summed E-state index contributed by atoms with van der Waals surface area (Å²) in [5, 5.41) is 1.09. The van der Waals surface area contributed by atoms with Crippen molar-refractivity contribution in [1.29, 1.82) is 0 Å². The van der Waals surface area contributed by atoms with Gasteiger partial charge in [-0.25, -0.2) is 4.98 Å². The van der Waals surface area contributed by atoms with Gasteiger partial charge in [0, 0.05) is 10.9 Å². The highest BCUT2D eigenvalue weighted by molar-refractivity contribution is 5.82. The van der Waals surface area contributed by atoms with Gasteiger partial charge in [0.05, 0.1) is 18.3 Å². The first-order valence-corrected chi connectivity index (χ1v) is 5.87. The Labute approximate surface area is 106 Å². The van der Waals surface area contributed by atoms with Gasteiger partial charge in [-0.15, -0.1) is 0 Å². The molecule has 3 aromatic rings. The second-order valence-electron chi connectivity index (χ2n) is 4.12. The standard InChI is InChI=1S/C16H13NO/c1-18-14-8-10-16-13(11-14)7-9-15(17-16)12-5-3-2-4-6-12/h2-11H,1H3. The van der Waals surface area contributed by atoms with E-state index in [0.717, 1.165) is 27.9 Å². The molecule has 2 aromatic carbocycles. The minimum atomic E-state index is 0.858. The third-order valence-corrected chi connectivity index (χ3v) is 2.97. The summed E-state index contributed by atoms with van der Waals surface area (Å²) in [6.07, 6.45) is 0. The van der Waals surface area contributed by atoms with Crippen molar-refractivity contribution in [2.24, 2.45) is 0 Å². The van der Waals surface area contributed by atoms with Gasteiger partial charge in [0.1, 0.15) is 5.75 Å². The average molecular weight is 235 g/mol. The van der Waals surface area contributed by atoms with E-state index in [2.05, 4.69) is 23.2 Å². The van der Waals surface area contributed by atoms with Crippen LogP contribution >= 0.6 is 0 Å². The summed E-state index contributed by atoms with van der Waals surface area (Å²) in [6, 6.07) is 20.2. The van der Waals surface area contributed by atoms with Crippen molar-refractivity contribution < 1.29 is 4.74 Å². The third kappa shape index (κ3) is 1.93. The van der Waals surface area contributed by atoms with E-state index in [0.29, 0.717) is 0 Å². The summed E-state index contributed by atoms with van der Waals surface area (Å²) >= 11 is 0. The van der Waals surface area contributed by atoms with Crippen LogP contribution in [0.3, 0.4) is 0 Å². The van der Waals surface area contributed by atoms with E-state index < -0.39 is 0 Å². The van der Waals surface area contributed by atoms with Gasteiger partial charge in [-0.2, -0.15) is 0 Å². The van der Waals surface area contributed by atoms with E-state index in [-0.39, 0.29) is 0 Å². The monoisotopic (exact) mass is 235 g/mol. The zero-order valence-electron chi connectivity index (χ0n) is 10.1. The van der Waals surface area contributed by atoms with Crippen molar-refractivity contribution in [3.8, 4) is 17.0 Å². The fourth-order valence-corrected chi connectivity index (χ4v) is 2.00. The summed E-state index contributed by atoms with van der Waals surface area (Å²) in [5.41, 5.74) is 3.11. The van der Waals surface area contributed by atoms with E-state index >= 15 is 0 Å². The molecule has 0 aliphatic rings. The van der Waals surface area contributed by atoms with Gasteiger partial charge in [0.2, 0.25) is 0 Å². The molecule has 18 heavy (non-hydrogen) atoms. The van der Waals surface area contributed by atoms with Crippen molar-refractivity contribution in [3.05, 3.63) is 60.7 Å². The van der Waals surface area contributed by atoms with E-state index in [9.17, 15) is 0 Å². The van der Waals surface area contributed by atoms with Gasteiger partial charge in [-0.1, -0.05) is 36.4 Å². The lowest BCUT2D eigenvalue weighted by molar-refractivity contribution is 0.415. The molecule has 0 saturated carbocycles. The topological polar surface area (TPSA) is 22.1 Å². The Morgan fingerprint density at radius 3 is 2.50 bits per heavy atom. The SMILES string of the molecule is COc1ccc2nc(-c3ccccc3)ccc2c1. The Balaban J connectivity index is 2.12. The lowest BCUT2D eigenvalue weighted by Gasteiger charge is -2.05. The molecule has 1 aromatic heterocycles. The van der Waals surface area contributed by atoms with Gasteiger partial charge >= 0.3 is 0 Å². The molecule has 0 saturated heterocycles. The second-order valence-corrected chi connectivity index (χ2v) is 4.12. The van der Waals surface area contributed by atoms with E-state index in [1.165, 1.54) is 0 Å². The molecule has 0 aliphatic carbocycles. The lowest BCUT2D eigenvalue weighted by atomic mass is 10.1. The van der Waals surface area contributed by atoms with Crippen LogP contribution in [0.4, 0.5) is 0 Å². The van der Waals surface area contributed by atoms with Gasteiger partial charge in [0.25, 0.3) is 0 Å². The maximum Gasteiger partial charge on any atom is 0.119 e. The molecule has 3 rings (SSSR count). The summed E-state index contributed by atoms with van der Waals surface area (Å²) in [5.74, 6) is 0.858. The molecule has 0 N–H and O–H groups in total. The molecule has 1 heterocycles. The predicted octanol–water partition coefficient (Wildman–Crippen LogP) is 3.91. The number of hydrogen-bond donors (Lipinski definition) is 0. The Kier molecular flexibility index (Phi) is 2.69. The molecular formula is C16H13NO. The first-order chi connectivity index (χ1) is 8.86. The van der Waals surface area contributed by atoms with Crippen molar-refractivity contribution in [2.75, 3.05) is 7.11 Å². The zero-order valence-corrected chi connectivity index (χ0v) is 10.1. The third-order valence-electron chi connectivity index (χ3n) is 2.97. The van der Waals surface area contributed by atoms with E-state index in [1.54, 1.807) is 7.11 Å². The quantitative estimate of drug-likeness (QED) is 0.671. The number of rotatable bonds is 2. The minimum absolute atomic E-state index is 0.858. The number of methoxy groups -OCH3 is 1. The average Bonchev–Trinajstić information content (AvgIpc) is 2.47. The van der Waals surface area contributed by atoms with Gasteiger partial charge in [-0.3, -0.25) is 0 Å². The molecule has 2 heteroatoms. The smallest absolute Gasteiger partial charge is 0.119 e. The number of fused-ring (bicyclic) bond motifs is 1. The van der Waals surface area contributed by atoms with Crippen LogP contribution in [0.5, 0.6) is 5.75 Å². The zero-order chi connectivity index (χ0) is 12.4. The molecule has 88 valence electrons. The highest BCUT2D eigenvalue weighted by Crippen LogP contribution is 2.23.